The molecule has 3 heteroatoms. The molecular weight excluding hydrogens is 198 g/mol. The molecule has 1 aromatic carbocycles. The van der Waals surface area contributed by atoms with E-state index in [2.05, 4.69) is 0 Å². The van der Waals surface area contributed by atoms with Crippen molar-refractivity contribution in [1.29, 1.82) is 0 Å². The second-order valence-electron chi connectivity index (χ2n) is 3.88. The first kappa shape index (κ1) is 12.1. The first-order valence-electron chi connectivity index (χ1n) is 5.04. The first-order valence-corrected chi connectivity index (χ1v) is 5.04. The molecule has 0 radical (unpaired) electrons. The van der Waals surface area contributed by atoms with Crippen LogP contribution in [0, 0.1) is 6.92 Å². The normalized spacial score (nSPS) is 11.8. The van der Waals surface area contributed by atoms with E-state index in [1.54, 1.807) is 12.1 Å². The van der Waals surface area contributed by atoms with Crippen molar-refractivity contribution < 1.29 is 13.9 Å². The summed E-state index contributed by atoms with van der Waals surface area (Å²) in [7, 11) is 0. The van der Waals surface area contributed by atoms with Gasteiger partial charge >= 0.3 is 0 Å². The maximum Gasteiger partial charge on any atom is 0.270 e. The smallest absolute Gasteiger partial charge is 0.270 e. The highest BCUT2D eigenvalue weighted by molar-refractivity contribution is 5.34. The molecule has 0 bridgehead atoms. The Labute approximate surface area is 88.7 Å². The van der Waals surface area contributed by atoms with Gasteiger partial charge < -0.3 is 5.11 Å². The van der Waals surface area contributed by atoms with Gasteiger partial charge in [0.2, 0.25) is 0 Å². The summed E-state index contributed by atoms with van der Waals surface area (Å²) in [5, 5.41) is 8.70. The summed E-state index contributed by atoms with van der Waals surface area (Å²) >= 11 is 0. The Morgan fingerprint density at radius 1 is 1.33 bits per heavy atom. The van der Waals surface area contributed by atoms with Crippen molar-refractivity contribution in [1.82, 2.24) is 0 Å². The van der Waals surface area contributed by atoms with E-state index in [4.69, 9.17) is 5.11 Å². The Balaban J connectivity index is 3.03. The Hall–Kier alpha value is -0.960. The molecule has 0 heterocycles. The van der Waals surface area contributed by atoms with Crippen LogP contribution in [0.4, 0.5) is 8.78 Å². The summed E-state index contributed by atoms with van der Waals surface area (Å²) in [4.78, 5) is 0. The van der Waals surface area contributed by atoms with Crippen molar-refractivity contribution in [3.63, 3.8) is 0 Å². The average Bonchev–Trinajstić information content (AvgIpc) is 2.12. The first-order chi connectivity index (χ1) is 6.95. The van der Waals surface area contributed by atoms with Crippen molar-refractivity contribution in [3.05, 3.63) is 34.9 Å². The summed E-state index contributed by atoms with van der Waals surface area (Å²) < 4.78 is 26.4. The van der Waals surface area contributed by atoms with Gasteiger partial charge in [-0.3, -0.25) is 0 Å². The van der Waals surface area contributed by atoms with Crippen LogP contribution in [-0.2, 0) is 12.3 Å². The van der Waals surface area contributed by atoms with Gasteiger partial charge in [0, 0.05) is 19.1 Å². The highest BCUT2D eigenvalue weighted by Crippen LogP contribution is 2.31. The molecule has 1 rings (SSSR count). The molecule has 0 saturated carbocycles. The molecule has 0 aromatic heterocycles. The number of benzene rings is 1. The number of halogens is 2. The van der Waals surface area contributed by atoms with Crippen LogP contribution in [0.1, 0.15) is 30.0 Å². The van der Waals surface area contributed by atoms with Crippen LogP contribution in [0.25, 0.3) is 0 Å². The number of aliphatic hydroxyl groups excluding tert-OH is 1. The van der Waals surface area contributed by atoms with E-state index in [0.29, 0.717) is 18.4 Å². The van der Waals surface area contributed by atoms with Crippen molar-refractivity contribution in [2.45, 2.75) is 32.6 Å². The van der Waals surface area contributed by atoms with Gasteiger partial charge in [-0.15, -0.1) is 0 Å². The van der Waals surface area contributed by atoms with Gasteiger partial charge in [-0.25, -0.2) is 8.78 Å². The number of aliphatic hydroxyl groups is 1. The molecule has 0 saturated heterocycles. The van der Waals surface area contributed by atoms with Crippen molar-refractivity contribution in [3.8, 4) is 0 Å². The van der Waals surface area contributed by atoms with E-state index in [1.807, 2.05) is 6.92 Å². The maximum absolute atomic E-state index is 13.2. The van der Waals surface area contributed by atoms with Crippen molar-refractivity contribution in [2.75, 3.05) is 6.61 Å². The highest BCUT2D eigenvalue weighted by Gasteiger charge is 2.26. The summed E-state index contributed by atoms with van der Waals surface area (Å²) in [6, 6.07) is 4.93. The molecule has 0 aliphatic carbocycles. The number of aryl methyl sites for hydroxylation is 2. The van der Waals surface area contributed by atoms with Crippen molar-refractivity contribution in [2.24, 2.45) is 0 Å². The lowest BCUT2D eigenvalue weighted by atomic mass is 9.97. The Kier molecular flexibility index (Phi) is 3.80. The minimum Gasteiger partial charge on any atom is -0.396 e. The van der Waals surface area contributed by atoms with Crippen LogP contribution in [0.5, 0.6) is 0 Å². The maximum atomic E-state index is 13.2. The van der Waals surface area contributed by atoms with Crippen LogP contribution in [0.2, 0.25) is 0 Å². The predicted octanol–water partition coefficient (Wildman–Crippen LogP) is 3.03. The fourth-order valence-electron chi connectivity index (χ4n) is 1.63. The largest absolute Gasteiger partial charge is 0.396 e. The standard InChI is InChI=1S/C12H16F2O/c1-9-5-6-11(12(2,13)14)10(8-9)4-3-7-15/h5-6,8,15H,3-4,7H2,1-2H3. The summed E-state index contributed by atoms with van der Waals surface area (Å²) in [5.41, 5.74) is 1.68. The van der Waals surface area contributed by atoms with Gasteiger partial charge in [-0.05, 0) is 25.3 Å². The quantitative estimate of drug-likeness (QED) is 0.816. The zero-order chi connectivity index (χ0) is 11.5. The van der Waals surface area contributed by atoms with Gasteiger partial charge in [-0.1, -0.05) is 23.8 Å². The van der Waals surface area contributed by atoms with Crippen LogP contribution >= 0.6 is 0 Å². The number of rotatable bonds is 4. The third kappa shape index (κ3) is 3.27. The number of hydrogen-bond donors (Lipinski definition) is 1. The molecule has 84 valence electrons. The van der Waals surface area contributed by atoms with E-state index < -0.39 is 5.92 Å². The predicted molar refractivity (Wildman–Crippen MR) is 56.2 cm³/mol. The summed E-state index contributed by atoms with van der Waals surface area (Å²) in [6.07, 6.45) is 1.02. The van der Waals surface area contributed by atoms with Crippen LogP contribution in [0.15, 0.2) is 18.2 Å². The lowest BCUT2D eigenvalue weighted by Crippen LogP contribution is -2.11. The number of alkyl halides is 2. The highest BCUT2D eigenvalue weighted by atomic mass is 19.3. The average molecular weight is 214 g/mol. The summed E-state index contributed by atoms with van der Waals surface area (Å²) in [5.74, 6) is -2.81. The van der Waals surface area contributed by atoms with E-state index >= 15 is 0 Å². The SMILES string of the molecule is Cc1ccc(C(C)(F)F)c(CCCO)c1. The monoisotopic (exact) mass is 214 g/mol. The Morgan fingerprint density at radius 3 is 2.53 bits per heavy atom. The molecular formula is C12H16F2O. The molecule has 0 aliphatic heterocycles. The number of hydrogen-bond acceptors (Lipinski definition) is 1. The molecule has 1 aromatic rings. The molecule has 15 heavy (non-hydrogen) atoms. The van der Waals surface area contributed by atoms with Gasteiger partial charge in [0.25, 0.3) is 5.92 Å². The molecule has 1 N–H and O–H groups in total. The Morgan fingerprint density at radius 2 is 2.00 bits per heavy atom. The molecule has 1 nitrogen and oxygen atoms in total. The fourth-order valence-corrected chi connectivity index (χ4v) is 1.63. The van der Waals surface area contributed by atoms with E-state index in [1.165, 1.54) is 6.07 Å². The topological polar surface area (TPSA) is 20.2 Å². The lowest BCUT2D eigenvalue weighted by molar-refractivity contribution is 0.0164. The molecule has 0 spiro atoms. The summed E-state index contributed by atoms with van der Waals surface area (Å²) in [6.45, 7) is 2.81. The van der Waals surface area contributed by atoms with Crippen LogP contribution in [-0.4, -0.2) is 11.7 Å². The van der Waals surface area contributed by atoms with E-state index in [-0.39, 0.29) is 12.2 Å². The minimum atomic E-state index is -2.81. The van der Waals surface area contributed by atoms with E-state index in [0.717, 1.165) is 12.5 Å². The third-order valence-corrected chi connectivity index (χ3v) is 2.34. The van der Waals surface area contributed by atoms with Gasteiger partial charge in [0.15, 0.2) is 0 Å². The van der Waals surface area contributed by atoms with Crippen LogP contribution in [0.3, 0.4) is 0 Å². The second kappa shape index (κ2) is 4.71. The molecule has 0 aliphatic rings. The zero-order valence-corrected chi connectivity index (χ0v) is 9.06. The van der Waals surface area contributed by atoms with Gasteiger partial charge in [0.1, 0.15) is 0 Å². The van der Waals surface area contributed by atoms with Crippen molar-refractivity contribution >= 4 is 0 Å². The second-order valence-corrected chi connectivity index (χ2v) is 3.88. The fraction of sp³-hybridized carbons (Fsp3) is 0.500. The molecule has 0 atom stereocenters. The van der Waals surface area contributed by atoms with Gasteiger partial charge in [0.05, 0.1) is 0 Å². The molecule has 0 unspecified atom stereocenters. The minimum absolute atomic E-state index is 0.0304. The van der Waals surface area contributed by atoms with Crippen LogP contribution < -0.4 is 0 Å². The lowest BCUT2D eigenvalue weighted by Gasteiger charge is -2.16. The zero-order valence-electron chi connectivity index (χ0n) is 9.06. The third-order valence-electron chi connectivity index (χ3n) is 2.34. The Bertz CT molecular complexity index is 329. The molecule has 0 fully saturated rings. The van der Waals surface area contributed by atoms with E-state index in [9.17, 15) is 8.78 Å². The van der Waals surface area contributed by atoms with Gasteiger partial charge in [-0.2, -0.15) is 0 Å². The molecule has 0 amide bonds.